The fourth-order valence-corrected chi connectivity index (χ4v) is 3.00. The molecule has 0 aliphatic carbocycles. The number of piperidine rings is 1. The first-order valence-electron chi connectivity index (χ1n) is 7.07. The summed E-state index contributed by atoms with van der Waals surface area (Å²) in [5.74, 6) is 1.32. The molecule has 0 amide bonds. The molecule has 0 radical (unpaired) electrons. The Morgan fingerprint density at radius 2 is 1.94 bits per heavy atom. The van der Waals surface area contributed by atoms with Crippen molar-refractivity contribution in [1.29, 1.82) is 0 Å². The molecule has 1 saturated heterocycles. The number of fused-ring (bicyclic) bond motifs is 1. The maximum absolute atomic E-state index is 3.46. The number of rotatable bonds is 2. The van der Waals surface area contributed by atoms with Crippen LogP contribution in [0.5, 0.6) is 0 Å². The first kappa shape index (κ1) is 11.8. The molecule has 2 aromatic rings. The van der Waals surface area contributed by atoms with Crippen LogP contribution < -0.4 is 5.32 Å². The second-order valence-corrected chi connectivity index (χ2v) is 5.73. The highest BCUT2D eigenvalue weighted by atomic mass is 14.9. The lowest BCUT2D eigenvalue weighted by molar-refractivity contribution is 0.462. The van der Waals surface area contributed by atoms with Crippen LogP contribution in [0.3, 0.4) is 0 Å². The molecule has 0 bridgehead atoms. The number of aromatic nitrogens is 1. The van der Waals surface area contributed by atoms with Crippen molar-refractivity contribution in [3.63, 3.8) is 0 Å². The van der Waals surface area contributed by atoms with Crippen molar-refractivity contribution < 1.29 is 0 Å². The molecule has 96 valence electrons. The van der Waals surface area contributed by atoms with Gasteiger partial charge in [-0.05, 0) is 55.0 Å². The highest BCUT2D eigenvalue weighted by Gasteiger charge is 2.18. The molecule has 0 atom stereocenters. The molecule has 2 nitrogen and oxygen atoms in total. The molecule has 2 N–H and O–H groups in total. The summed E-state index contributed by atoms with van der Waals surface area (Å²) in [7, 11) is 0. The normalized spacial score (nSPS) is 17.7. The maximum Gasteiger partial charge on any atom is 0.0459 e. The van der Waals surface area contributed by atoms with Crippen molar-refractivity contribution in [1.82, 2.24) is 10.3 Å². The molecular formula is C16H22N2. The highest BCUT2D eigenvalue weighted by molar-refractivity contribution is 5.84. The molecule has 0 saturated carbocycles. The zero-order chi connectivity index (χ0) is 12.5. The van der Waals surface area contributed by atoms with Crippen molar-refractivity contribution in [2.45, 2.75) is 38.5 Å². The Bertz CT molecular complexity index is 533. The van der Waals surface area contributed by atoms with E-state index in [-0.39, 0.29) is 0 Å². The first-order valence-corrected chi connectivity index (χ1v) is 7.07. The van der Waals surface area contributed by atoms with Gasteiger partial charge in [0.1, 0.15) is 0 Å². The summed E-state index contributed by atoms with van der Waals surface area (Å²) >= 11 is 0. The molecule has 3 rings (SSSR count). The van der Waals surface area contributed by atoms with Gasteiger partial charge in [-0.15, -0.1) is 0 Å². The smallest absolute Gasteiger partial charge is 0.0459 e. The number of H-pyrrole nitrogens is 1. The van der Waals surface area contributed by atoms with E-state index >= 15 is 0 Å². The fraction of sp³-hybridized carbons (Fsp3) is 0.500. The van der Waals surface area contributed by atoms with Gasteiger partial charge in [-0.1, -0.05) is 26.0 Å². The molecule has 18 heavy (non-hydrogen) atoms. The zero-order valence-electron chi connectivity index (χ0n) is 11.3. The van der Waals surface area contributed by atoms with E-state index < -0.39 is 0 Å². The third kappa shape index (κ3) is 2.05. The molecule has 0 unspecified atom stereocenters. The molecule has 2 heteroatoms. The first-order chi connectivity index (χ1) is 8.75. The van der Waals surface area contributed by atoms with Crippen molar-refractivity contribution in [3.8, 4) is 0 Å². The summed E-state index contributed by atoms with van der Waals surface area (Å²) in [6.45, 7) is 6.80. The summed E-state index contributed by atoms with van der Waals surface area (Å²) in [4.78, 5) is 3.46. The number of hydrogen-bond donors (Lipinski definition) is 2. The Labute approximate surface area is 109 Å². The number of aromatic amines is 1. The van der Waals surface area contributed by atoms with Crippen LogP contribution in [0.25, 0.3) is 10.9 Å². The van der Waals surface area contributed by atoms with Gasteiger partial charge in [0.2, 0.25) is 0 Å². The Kier molecular flexibility index (Phi) is 3.13. The summed E-state index contributed by atoms with van der Waals surface area (Å²) in [5.41, 5.74) is 4.23. The third-order valence-corrected chi connectivity index (χ3v) is 4.18. The summed E-state index contributed by atoms with van der Waals surface area (Å²) < 4.78 is 0. The fourth-order valence-electron chi connectivity index (χ4n) is 3.00. The van der Waals surface area contributed by atoms with E-state index in [4.69, 9.17) is 0 Å². The van der Waals surface area contributed by atoms with Crippen molar-refractivity contribution >= 4 is 10.9 Å². The van der Waals surface area contributed by atoms with Gasteiger partial charge in [0.25, 0.3) is 0 Å². The van der Waals surface area contributed by atoms with Crippen LogP contribution in [-0.2, 0) is 0 Å². The minimum Gasteiger partial charge on any atom is -0.361 e. The van der Waals surface area contributed by atoms with E-state index in [0.717, 1.165) is 19.0 Å². The predicted molar refractivity (Wildman–Crippen MR) is 77.2 cm³/mol. The second kappa shape index (κ2) is 4.77. The highest BCUT2D eigenvalue weighted by Crippen LogP contribution is 2.32. The van der Waals surface area contributed by atoms with E-state index in [9.17, 15) is 0 Å². The van der Waals surface area contributed by atoms with Crippen LogP contribution in [0, 0.1) is 0 Å². The zero-order valence-corrected chi connectivity index (χ0v) is 11.3. The molecule has 0 spiro atoms. The van der Waals surface area contributed by atoms with Gasteiger partial charge in [-0.25, -0.2) is 0 Å². The van der Waals surface area contributed by atoms with E-state index in [2.05, 4.69) is 48.5 Å². The Balaban J connectivity index is 1.98. The van der Waals surface area contributed by atoms with Gasteiger partial charge in [-0.2, -0.15) is 0 Å². The Morgan fingerprint density at radius 1 is 1.17 bits per heavy atom. The quantitative estimate of drug-likeness (QED) is 0.824. The summed E-state index contributed by atoms with van der Waals surface area (Å²) in [5, 5.41) is 4.86. The molecule has 1 aromatic carbocycles. The van der Waals surface area contributed by atoms with Crippen molar-refractivity contribution in [2.24, 2.45) is 0 Å². The van der Waals surface area contributed by atoms with Crippen LogP contribution in [0.2, 0.25) is 0 Å². The SMILES string of the molecule is CC(C)c1ccc2c(C3CCNCC3)c[nH]c2c1. The molecule has 2 heterocycles. The van der Waals surface area contributed by atoms with E-state index in [0.29, 0.717) is 5.92 Å². The lowest BCUT2D eigenvalue weighted by atomic mass is 9.89. The van der Waals surface area contributed by atoms with E-state index in [1.54, 1.807) is 0 Å². The van der Waals surface area contributed by atoms with E-state index in [1.807, 2.05) is 0 Å². The van der Waals surface area contributed by atoms with Gasteiger partial charge in [-0.3, -0.25) is 0 Å². The summed E-state index contributed by atoms with van der Waals surface area (Å²) in [6.07, 6.45) is 4.75. The minimum absolute atomic E-state index is 0.597. The maximum atomic E-state index is 3.46. The van der Waals surface area contributed by atoms with Crippen LogP contribution in [0.1, 0.15) is 49.7 Å². The Hall–Kier alpha value is -1.28. The summed E-state index contributed by atoms with van der Waals surface area (Å²) in [6, 6.07) is 6.90. The number of nitrogens with one attached hydrogen (secondary N) is 2. The second-order valence-electron chi connectivity index (χ2n) is 5.73. The van der Waals surface area contributed by atoms with Gasteiger partial charge < -0.3 is 10.3 Å². The lowest BCUT2D eigenvalue weighted by Gasteiger charge is -2.22. The van der Waals surface area contributed by atoms with Gasteiger partial charge in [0.05, 0.1) is 0 Å². The van der Waals surface area contributed by atoms with Crippen LogP contribution in [-0.4, -0.2) is 18.1 Å². The molecule has 1 fully saturated rings. The number of hydrogen-bond acceptors (Lipinski definition) is 1. The molecule has 1 aromatic heterocycles. The number of benzene rings is 1. The third-order valence-electron chi connectivity index (χ3n) is 4.18. The minimum atomic E-state index is 0.597. The van der Waals surface area contributed by atoms with Gasteiger partial charge >= 0.3 is 0 Å². The Morgan fingerprint density at radius 3 is 2.67 bits per heavy atom. The molecule has 1 aliphatic rings. The van der Waals surface area contributed by atoms with Crippen LogP contribution >= 0.6 is 0 Å². The largest absolute Gasteiger partial charge is 0.361 e. The van der Waals surface area contributed by atoms with Crippen molar-refractivity contribution in [2.75, 3.05) is 13.1 Å². The van der Waals surface area contributed by atoms with E-state index in [1.165, 1.54) is 34.9 Å². The van der Waals surface area contributed by atoms with Crippen molar-refractivity contribution in [3.05, 3.63) is 35.5 Å². The standard InChI is InChI=1S/C16H22N2/c1-11(2)13-3-4-14-15(10-18-16(14)9-13)12-5-7-17-8-6-12/h3-4,9-12,17-18H,5-8H2,1-2H3. The van der Waals surface area contributed by atoms with Crippen LogP contribution in [0.15, 0.2) is 24.4 Å². The van der Waals surface area contributed by atoms with Gasteiger partial charge in [0, 0.05) is 17.1 Å². The van der Waals surface area contributed by atoms with Crippen LogP contribution in [0.4, 0.5) is 0 Å². The average Bonchev–Trinajstić information content (AvgIpc) is 2.82. The van der Waals surface area contributed by atoms with Gasteiger partial charge in [0.15, 0.2) is 0 Å². The monoisotopic (exact) mass is 242 g/mol. The average molecular weight is 242 g/mol. The lowest BCUT2D eigenvalue weighted by Crippen LogP contribution is -2.26. The molecular weight excluding hydrogens is 220 g/mol. The predicted octanol–water partition coefficient (Wildman–Crippen LogP) is 3.76. The molecule has 1 aliphatic heterocycles. The topological polar surface area (TPSA) is 27.8 Å².